The minimum Gasteiger partial charge on any atom is -0.353 e. The molecule has 0 saturated heterocycles. The van der Waals surface area contributed by atoms with Crippen molar-refractivity contribution >= 4 is 5.96 Å². The fraction of sp³-hybridized carbons (Fsp3) is 0.786. The standard InChI is InChI=1S/C14H25N3/c1-3-7-11-10-13(11)17-14(15-4-2)16-12-8-5-6-9-12/h5-6,11-13H,3-4,7-10H2,1-2H3,(H2,15,16,17). The summed E-state index contributed by atoms with van der Waals surface area (Å²) in [4.78, 5) is 4.53. The molecule has 0 spiro atoms. The Hall–Kier alpha value is -0.990. The zero-order valence-electron chi connectivity index (χ0n) is 11.1. The van der Waals surface area contributed by atoms with Crippen molar-refractivity contribution in [3.8, 4) is 0 Å². The maximum atomic E-state index is 4.53. The van der Waals surface area contributed by atoms with E-state index < -0.39 is 0 Å². The lowest BCUT2D eigenvalue weighted by atomic mass is 10.2. The van der Waals surface area contributed by atoms with E-state index in [0.717, 1.165) is 31.3 Å². The first kappa shape index (κ1) is 12.5. The highest BCUT2D eigenvalue weighted by Gasteiger charge is 2.36. The largest absolute Gasteiger partial charge is 0.353 e. The van der Waals surface area contributed by atoms with Crippen LogP contribution in [0.2, 0.25) is 0 Å². The number of nitrogens with one attached hydrogen (secondary N) is 2. The number of aliphatic imine (C=N–C) groups is 1. The molecule has 0 aromatic carbocycles. The van der Waals surface area contributed by atoms with Crippen molar-refractivity contribution in [1.82, 2.24) is 10.6 Å². The molecular weight excluding hydrogens is 210 g/mol. The van der Waals surface area contributed by atoms with E-state index in [0.29, 0.717) is 12.1 Å². The number of hydrogen-bond acceptors (Lipinski definition) is 1. The van der Waals surface area contributed by atoms with Crippen molar-refractivity contribution in [1.29, 1.82) is 0 Å². The van der Waals surface area contributed by atoms with Gasteiger partial charge in [-0.1, -0.05) is 25.5 Å². The van der Waals surface area contributed by atoms with Gasteiger partial charge in [0.1, 0.15) is 0 Å². The molecule has 2 aliphatic carbocycles. The molecule has 3 nitrogen and oxygen atoms in total. The lowest BCUT2D eigenvalue weighted by Crippen LogP contribution is -2.44. The van der Waals surface area contributed by atoms with Crippen LogP contribution in [-0.2, 0) is 0 Å². The molecule has 96 valence electrons. The highest BCUT2D eigenvalue weighted by atomic mass is 15.2. The second-order valence-corrected chi connectivity index (χ2v) is 5.14. The van der Waals surface area contributed by atoms with Crippen LogP contribution < -0.4 is 10.6 Å². The number of nitrogens with zero attached hydrogens (tertiary/aromatic N) is 1. The van der Waals surface area contributed by atoms with Crippen LogP contribution in [0.3, 0.4) is 0 Å². The van der Waals surface area contributed by atoms with E-state index in [1.54, 1.807) is 0 Å². The third-order valence-electron chi connectivity index (χ3n) is 3.57. The molecule has 17 heavy (non-hydrogen) atoms. The lowest BCUT2D eigenvalue weighted by Gasteiger charge is -2.17. The van der Waals surface area contributed by atoms with Crippen LogP contribution in [0.15, 0.2) is 17.1 Å². The summed E-state index contributed by atoms with van der Waals surface area (Å²) in [5, 5.41) is 7.09. The normalized spacial score (nSPS) is 28.5. The molecule has 3 heteroatoms. The van der Waals surface area contributed by atoms with Gasteiger partial charge in [-0.15, -0.1) is 0 Å². The van der Waals surface area contributed by atoms with Gasteiger partial charge in [0.2, 0.25) is 0 Å². The highest BCUT2D eigenvalue weighted by molar-refractivity contribution is 5.80. The Morgan fingerprint density at radius 3 is 2.65 bits per heavy atom. The quantitative estimate of drug-likeness (QED) is 0.436. The van der Waals surface area contributed by atoms with Gasteiger partial charge < -0.3 is 10.6 Å². The van der Waals surface area contributed by atoms with Crippen LogP contribution in [0.1, 0.15) is 46.0 Å². The van der Waals surface area contributed by atoms with Crippen molar-refractivity contribution in [3.63, 3.8) is 0 Å². The maximum Gasteiger partial charge on any atom is 0.191 e. The average Bonchev–Trinajstić information content (AvgIpc) is 2.83. The third kappa shape index (κ3) is 3.76. The molecule has 1 saturated carbocycles. The van der Waals surface area contributed by atoms with Gasteiger partial charge in [-0.3, -0.25) is 4.99 Å². The summed E-state index contributed by atoms with van der Waals surface area (Å²) < 4.78 is 0. The molecule has 2 unspecified atom stereocenters. The zero-order chi connectivity index (χ0) is 12.1. The van der Waals surface area contributed by atoms with E-state index in [4.69, 9.17) is 0 Å². The Labute approximate surface area is 105 Å². The van der Waals surface area contributed by atoms with Crippen LogP contribution >= 0.6 is 0 Å². The Bertz CT molecular complexity index is 288. The summed E-state index contributed by atoms with van der Waals surface area (Å²) in [6.07, 6.45) is 10.7. The first-order valence-electron chi connectivity index (χ1n) is 7.06. The molecule has 0 aromatic rings. The number of rotatable bonds is 5. The lowest BCUT2D eigenvalue weighted by molar-refractivity contribution is 0.614. The SMILES string of the molecule is CCCC1CC1NC(=NCC)NC1CC=CC1. The van der Waals surface area contributed by atoms with Crippen molar-refractivity contribution in [2.24, 2.45) is 10.9 Å². The molecule has 0 heterocycles. The second kappa shape index (κ2) is 6.08. The molecule has 0 bridgehead atoms. The Kier molecular flexibility index (Phi) is 4.46. The number of guanidine groups is 1. The molecular formula is C14H25N3. The van der Waals surface area contributed by atoms with E-state index in [2.05, 4.69) is 41.6 Å². The van der Waals surface area contributed by atoms with Crippen molar-refractivity contribution in [2.75, 3.05) is 6.54 Å². The van der Waals surface area contributed by atoms with Crippen LogP contribution in [0, 0.1) is 5.92 Å². The van der Waals surface area contributed by atoms with E-state index in [-0.39, 0.29) is 0 Å². The molecule has 1 fully saturated rings. The van der Waals surface area contributed by atoms with Crippen LogP contribution in [-0.4, -0.2) is 24.6 Å². The Morgan fingerprint density at radius 2 is 2.00 bits per heavy atom. The fourth-order valence-corrected chi connectivity index (χ4v) is 2.51. The van der Waals surface area contributed by atoms with Crippen molar-refractivity contribution in [2.45, 2.75) is 58.0 Å². The van der Waals surface area contributed by atoms with E-state index >= 15 is 0 Å². The second-order valence-electron chi connectivity index (χ2n) is 5.14. The van der Waals surface area contributed by atoms with Gasteiger partial charge >= 0.3 is 0 Å². The Morgan fingerprint density at radius 1 is 1.24 bits per heavy atom. The monoisotopic (exact) mass is 235 g/mol. The number of hydrogen-bond donors (Lipinski definition) is 2. The summed E-state index contributed by atoms with van der Waals surface area (Å²) in [7, 11) is 0. The predicted molar refractivity (Wildman–Crippen MR) is 73.2 cm³/mol. The summed E-state index contributed by atoms with van der Waals surface area (Å²) in [5.41, 5.74) is 0. The molecule has 2 atom stereocenters. The van der Waals surface area contributed by atoms with Gasteiger partial charge in [-0.2, -0.15) is 0 Å². The average molecular weight is 235 g/mol. The minimum atomic E-state index is 0.552. The van der Waals surface area contributed by atoms with Crippen LogP contribution in [0.25, 0.3) is 0 Å². The highest BCUT2D eigenvalue weighted by Crippen LogP contribution is 2.34. The topological polar surface area (TPSA) is 36.4 Å². The summed E-state index contributed by atoms with van der Waals surface area (Å²) in [5.74, 6) is 1.90. The first-order chi connectivity index (χ1) is 8.33. The van der Waals surface area contributed by atoms with Crippen LogP contribution in [0.4, 0.5) is 0 Å². The molecule has 2 aliphatic rings. The predicted octanol–water partition coefficient (Wildman–Crippen LogP) is 2.45. The van der Waals surface area contributed by atoms with E-state index in [1.165, 1.54) is 19.3 Å². The van der Waals surface area contributed by atoms with Gasteiger partial charge in [0, 0.05) is 18.6 Å². The summed E-state index contributed by atoms with van der Waals surface area (Å²) in [6.45, 7) is 5.20. The molecule has 0 radical (unpaired) electrons. The molecule has 0 aromatic heterocycles. The van der Waals surface area contributed by atoms with Gasteiger partial charge in [0.05, 0.1) is 0 Å². The van der Waals surface area contributed by atoms with Crippen LogP contribution in [0.5, 0.6) is 0 Å². The molecule has 2 rings (SSSR count). The molecule has 0 aliphatic heterocycles. The third-order valence-corrected chi connectivity index (χ3v) is 3.57. The maximum absolute atomic E-state index is 4.53. The Balaban J connectivity index is 1.75. The van der Waals surface area contributed by atoms with Crippen molar-refractivity contribution in [3.05, 3.63) is 12.2 Å². The van der Waals surface area contributed by atoms with Crippen molar-refractivity contribution < 1.29 is 0 Å². The van der Waals surface area contributed by atoms with E-state index in [9.17, 15) is 0 Å². The summed E-state index contributed by atoms with van der Waals surface area (Å²) in [6, 6.07) is 1.22. The van der Waals surface area contributed by atoms with E-state index in [1.807, 2.05) is 0 Å². The zero-order valence-corrected chi connectivity index (χ0v) is 11.1. The minimum absolute atomic E-state index is 0.552. The first-order valence-corrected chi connectivity index (χ1v) is 7.06. The van der Waals surface area contributed by atoms with Gasteiger partial charge in [0.25, 0.3) is 0 Å². The van der Waals surface area contributed by atoms with Gasteiger partial charge in [0.15, 0.2) is 5.96 Å². The van der Waals surface area contributed by atoms with Gasteiger partial charge in [-0.25, -0.2) is 0 Å². The fourth-order valence-electron chi connectivity index (χ4n) is 2.51. The summed E-state index contributed by atoms with van der Waals surface area (Å²) >= 11 is 0. The smallest absolute Gasteiger partial charge is 0.191 e. The molecule has 0 amide bonds. The molecule has 2 N–H and O–H groups in total. The van der Waals surface area contributed by atoms with Gasteiger partial charge in [-0.05, 0) is 38.5 Å².